The molecule has 0 aliphatic carbocycles. The van der Waals surface area contributed by atoms with E-state index in [2.05, 4.69) is 0 Å². The van der Waals surface area contributed by atoms with Crippen molar-refractivity contribution < 1.29 is 27.3 Å². The van der Waals surface area contributed by atoms with E-state index in [0.29, 0.717) is 50.0 Å². The molecule has 0 unspecified atom stereocenters. The number of imide groups is 1. The molecule has 0 atom stereocenters. The van der Waals surface area contributed by atoms with Crippen molar-refractivity contribution in [2.24, 2.45) is 0 Å². The summed E-state index contributed by atoms with van der Waals surface area (Å²) in [5.74, 6) is -0.459. The zero-order valence-electron chi connectivity index (χ0n) is 18.5. The summed E-state index contributed by atoms with van der Waals surface area (Å²) in [4.78, 5) is 26.0. The van der Waals surface area contributed by atoms with Crippen LogP contribution in [0, 0.1) is 0 Å². The van der Waals surface area contributed by atoms with Gasteiger partial charge < -0.3 is 17.7 Å². The van der Waals surface area contributed by atoms with Crippen molar-refractivity contribution in [1.29, 1.82) is 0 Å². The molecule has 2 aliphatic heterocycles. The Labute approximate surface area is 183 Å². The summed E-state index contributed by atoms with van der Waals surface area (Å²) in [5, 5.41) is 0. The van der Waals surface area contributed by atoms with Crippen molar-refractivity contribution >= 4 is 30.4 Å². The predicted octanol–water partition coefficient (Wildman–Crippen LogP) is 3.02. The van der Waals surface area contributed by atoms with Gasteiger partial charge in [0.2, 0.25) is 0 Å². The fourth-order valence-corrected chi connectivity index (χ4v) is 7.35. The number of hydrogen-bond acceptors (Lipinski definition) is 6. The van der Waals surface area contributed by atoms with Gasteiger partial charge in [-0.1, -0.05) is 18.6 Å². The second-order valence-electron chi connectivity index (χ2n) is 7.07. The van der Waals surface area contributed by atoms with E-state index in [0.717, 1.165) is 6.61 Å². The van der Waals surface area contributed by atoms with Crippen LogP contribution in [0.4, 0.5) is 0 Å². The molecule has 0 radical (unpaired) electrons. The van der Waals surface area contributed by atoms with Crippen LogP contribution >= 0.6 is 0 Å². The Balaban J connectivity index is 0.000000456. The van der Waals surface area contributed by atoms with E-state index in [1.807, 2.05) is 20.8 Å². The van der Waals surface area contributed by atoms with Gasteiger partial charge in [0, 0.05) is 39.0 Å². The molecule has 3 rings (SSSR count). The van der Waals surface area contributed by atoms with E-state index in [1.165, 1.54) is 23.8 Å². The molecule has 1 aromatic carbocycles. The van der Waals surface area contributed by atoms with E-state index < -0.39 is 8.80 Å². The van der Waals surface area contributed by atoms with Crippen molar-refractivity contribution in [3.63, 3.8) is 0 Å². The van der Waals surface area contributed by atoms with E-state index >= 15 is 0 Å². The molecule has 30 heavy (non-hydrogen) atoms. The van der Waals surface area contributed by atoms with Gasteiger partial charge in [0.05, 0.1) is 11.1 Å². The second kappa shape index (κ2) is 13.1. The van der Waals surface area contributed by atoms with Crippen LogP contribution in [0.15, 0.2) is 24.3 Å². The van der Waals surface area contributed by atoms with Crippen LogP contribution in [0.5, 0.6) is 0 Å². The smallest absolute Gasteiger partial charge is 0.424 e. The van der Waals surface area contributed by atoms with Gasteiger partial charge in [0.15, 0.2) is 9.76 Å². The molecule has 1 fully saturated rings. The summed E-state index contributed by atoms with van der Waals surface area (Å²) in [5.41, 5.74) is 0.955. The highest BCUT2D eigenvalue weighted by molar-refractivity contribution is 6.60. The van der Waals surface area contributed by atoms with Gasteiger partial charge in [0.1, 0.15) is 0 Å². The minimum Gasteiger partial charge on any atom is -0.424 e. The third kappa shape index (κ3) is 6.83. The van der Waals surface area contributed by atoms with Gasteiger partial charge in [0.25, 0.3) is 11.8 Å². The highest BCUT2D eigenvalue weighted by atomic mass is 28.4. The third-order valence-electron chi connectivity index (χ3n) is 4.91. The maximum Gasteiger partial charge on any atom is 0.500 e. The topological polar surface area (TPSA) is 74.3 Å². The fraction of sp³-hybridized carbons (Fsp3) is 0.619. The number of carbonyl (C=O) groups is 2. The van der Waals surface area contributed by atoms with E-state index in [-0.39, 0.29) is 21.6 Å². The number of amides is 2. The second-order valence-corrected chi connectivity index (χ2v) is 11.3. The third-order valence-corrected chi connectivity index (χ3v) is 9.43. The van der Waals surface area contributed by atoms with Crippen molar-refractivity contribution in [3.05, 3.63) is 35.4 Å². The lowest BCUT2D eigenvalue weighted by Gasteiger charge is -2.28. The van der Waals surface area contributed by atoms with Crippen LogP contribution in [0.2, 0.25) is 12.1 Å². The Kier molecular flexibility index (Phi) is 10.9. The van der Waals surface area contributed by atoms with Crippen molar-refractivity contribution in [3.8, 4) is 0 Å². The summed E-state index contributed by atoms with van der Waals surface area (Å²) >= 11 is 0. The molecule has 2 heterocycles. The molecule has 0 saturated carbocycles. The molecule has 0 aromatic heterocycles. The maximum atomic E-state index is 12.4. The first-order valence-electron chi connectivity index (χ1n) is 11.0. The fourth-order valence-electron chi connectivity index (χ4n) is 3.58. The molecular formula is C21H35NO6Si2. The molecule has 9 heteroatoms. The maximum absolute atomic E-state index is 12.4. The van der Waals surface area contributed by atoms with E-state index in [1.54, 1.807) is 24.3 Å². The molecule has 2 amide bonds. The van der Waals surface area contributed by atoms with Crippen LogP contribution in [-0.2, 0) is 17.7 Å². The number of hydrogen-bond donors (Lipinski definition) is 0. The molecule has 0 spiro atoms. The Morgan fingerprint density at radius 1 is 0.967 bits per heavy atom. The zero-order valence-corrected chi connectivity index (χ0v) is 20.9. The largest absolute Gasteiger partial charge is 0.500 e. The van der Waals surface area contributed by atoms with Crippen LogP contribution in [-0.4, -0.2) is 68.3 Å². The first kappa shape index (κ1) is 24.9. The minimum atomic E-state index is -2.74. The first-order chi connectivity index (χ1) is 14.6. The Hall–Kier alpha value is -1.37. The predicted molar refractivity (Wildman–Crippen MR) is 120 cm³/mol. The molecule has 0 N–H and O–H groups in total. The van der Waals surface area contributed by atoms with Gasteiger partial charge in [-0.05, 0) is 51.8 Å². The molecule has 2 aliphatic rings. The van der Waals surface area contributed by atoms with Gasteiger partial charge in [-0.25, -0.2) is 0 Å². The molecular weight excluding hydrogens is 418 g/mol. The highest BCUT2D eigenvalue weighted by Gasteiger charge is 2.41. The minimum absolute atomic E-state index is 0.00849. The molecule has 7 nitrogen and oxygen atoms in total. The molecule has 1 aromatic rings. The van der Waals surface area contributed by atoms with Gasteiger partial charge in [-0.2, -0.15) is 0 Å². The monoisotopic (exact) mass is 453 g/mol. The van der Waals surface area contributed by atoms with Crippen molar-refractivity contribution in [2.45, 2.75) is 52.1 Å². The van der Waals surface area contributed by atoms with Gasteiger partial charge in [-0.3, -0.25) is 14.5 Å². The van der Waals surface area contributed by atoms with E-state index in [4.69, 9.17) is 17.7 Å². The number of rotatable bonds is 10. The molecule has 0 bridgehead atoms. The quantitative estimate of drug-likeness (QED) is 0.400. The normalized spacial score (nSPS) is 17.1. The average Bonchev–Trinajstić information content (AvgIpc) is 3.01. The van der Waals surface area contributed by atoms with Crippen molar-refractivity contribution in [1.82, 2.24) is 4.90 Å². The van der Waals surface area contributed by atoms with Crippen LogP contribution < -0.4 is 0 Å². The lowest BCUT2D eigenvalue weighted by Crippen LogP contribution is -2.46. The summed E-state index contributed by atoms with van der Waals surface area (Å²) in [7, 11) is -2.73. The highest BCUT2D eigenvalue weighted by Crippen LogP contribution is 2.24. The van der Waals surface area contributed by atoms with Gasteiger partial charge >= 0.3 is 8.80 Å². The molecule has 168 valence electrons. The standard InChI is InChI=1S/C17H25NO5Si.C4H10OSi/c1-4-21-24(22-5-2,23-6-3)13-9-12-18-16(19)14-10-7-8-11-15(14)17(18)20;1-2-4-6-5-3-1/h7-8,10-11H,4-6,9,12-13H2,1-3H3;1-4,6H2. The number of nitrogens with zero attached hydrogens (tertiary/aromatic N) is 1. The lowest BCUT2D eigenvalue weighted by molar-refractivity contribution is 0.0612. The SMILES string of the molecule is C1CC[SiH2]OC1.CCO[Si](CCCN1C(=O)c2ccccc2C1=O)(OCC)OCC. The zero-order chi connectivity index (χ0) is 21.8. The van der Waals surface area contributed by atoms with Crippen LogP contribution in [0.1, 0.15) is 60.7 Å². The summed E-state index contributed by atoms with van der Waals surface area (Å²) in [6.07, 6.45) is 3.34. The van der Waals surface area contributed by atoms with E-state index in [9.17, 15) is 9.59 Å². The Morgan fingerprint density at radius 2 is 1.53 bits per heavy atom. The lowest BCUT2D eigenvalue weighted by atomic mass is 10.1. The van der Waals surface area contributed by atoms with Crippen LogP contribution in [0.3, 0.4) is 0 Å². The van der Waals surface area contributed by atoms with Crippen LogP contribution in [0.25, 0.3) is 0 Å². The number of carbonyl (C=O) groups excluding carboxylic acids is 2. The Morgan fingerprint density at radius 3 is 1.90 bits per heavy atom. The summed E-state index contributed by atoms with van der Waals surface area (Å²) < 4.78 is 22.6. The summed E-state index contributed by atoms with van der Waals surface area (Å²) in [6.45, 7) is 8.66. The summed E-state index contributed by atoms with van der Waals surface area (Å²) in [6, 6.07) is 8.91. The molecule has 1 saturated heterocycles. The number of benzene rings is 1. The average molecular weight is 454 g/mol. The van der Waals surface area contributed by atoms with Gasteiger partial charge in [-0.15, -0.1) is 0 Å². The Bertz CT molecular complexity index is 620. The number of fused-ring (bicyclic) bond motifs is 1. The first-order valence-corrected chi connectivity index (χ1v) is 14.5. The van der Waals surface area contributed by atoms with Crippen molar-refractivity contribution in [2.75, 3.05) is 33.0 Å².